The van der Waals surface area contributed by atoms with E-state index in [9.17, 15) is 4.79 Å². The third kappa shape index (κ3) is 5.32. The summed E-state index contributed by atoms with van der Waals surface area (Å²) in [5.41, 5.74) is 2.68. The molecule has 0 saturated carbocycles. The lowest BCUT2D eigenvalue weighted by molar-refractivity contribution is 0.262. The molecule has 0 unspecified atom stereocenters. The Kier molecular flexibility index (Phi) is 6.15. The summed E-state index contributed by atoms with van der Waals surface area (Å²) in [5, 5.41) is 15.1. The van der Waals surface area contributed by atoms with Crippen molar-refractivity contribution >= 4 is 51.4 Å². The second-order valence-corrected chi connectivity index (χ2v) is 7.64. The summed E-state index contributed by atoms with van der Waals surface area (Å²) in [6.07, 6.45) is 0. The second-order valence-electron chi connectivity index (χ2n) is 5.77. The molecule has 0 bridgehead atoms. The second kappa shape index (κ2) is 8.56. The van der Waals surface area contributed by atoms with E-state index in [2.05, 4.69) is 20.8 Å². The van der Waals surface area contributed by atoms with E-state index in [1.54, 1.807) is 18.2 Å². The standard InChI is InChI=1S/C18H16Cl2N4O2S/c1-10-3-4-11(2)15(7-10)26-9-16-23-24-18(27-16)22-17(25)21-12-5-6-13(19)14(20)8-12/h3-8H,9H2,1-2H3,(H2,21,22,24,25). The van der Waals surface area contributed by atoms with Crippen LogP contribution in [0, 0.1) is 13.8 Å². The van der Waals surface area contributed by atoms with Gasteiger partial charge < -0.3 is 10.1 Å². The lowest BCUT2D eigenvalue weighted by Crippen LogP contribution is -2.19. The van der Waals surface area contributed by atoms with Crippen LogP contribution >= 0.6 is 34.5 Å². The van der Waals surface area contributed by atoms with Crippen LogP contribution in [0.5, 0.6) is 5.75 Å². The number of halogens is 2. The Morgan fingerprint density at radius 1 is 1.07 bits per heavy atom. The first-order valence-corrected chi connectivity index (χ1v) is 9.53. The van der Waals surface area contributed by atoms with Crippen LogP contribution in [0.1, 0.15) is 16.1 Å². The molecule has 3 rings (SSSR count). The fraction of sp³-hybridized carbons (Fsp3) is 0.167. The first kappa shape index (κ1) is 19.4. The van der Waals surface area contributed by atoms with E-state index < -0.39 is 6.03 Å². The number of hydrogen-bond donors (Lipinski definition) is 2. The summed E-state index contributed by atoms with van der Waals surface area (Å²) >= 11 is 13.0. The van der Waals surface area contributed by atoms with Gasteiger partial charge in [-0.1, -0.05) is 46.7 Å². The van der Waals surface area contributed by atoms with Gasteiger partial charge in [-0.15, -0.1) is 10.2 Å². The number of aromatic nitrogens is 2. The van der Waals surface area contributed by atoms with Crippen molar-refractivity contribution in [3.63, 3.8) is 0 Å². The van der Waals surface area contributed by atoms with Gasteiger partial charge in [0.15, 0.2) is 5.01 Å². The highest BCUT2D eigenvalue weighted by atomic mass is 35.5. The minimum absolute atomic E-state index is 0.276. The fourth-order valence-electron chi connectivity index (χ4n) is 2.20. The van der Waals surface area contributed by atoms with Crippen LogP contribution < -0.4 is 15.4 Å². The topological polar surface area (TPSA) is 76.1 Å². The van der Waals surface area contributed by atoms with Gasteiger partial charge in [0.25, 0.3) is 0 Å². The van der Waals surface area contributed by atoms with Crippen molar-refractivity contribution in [3.8, 4) is 5.75 Å². The minimum atomic E-state index is -0.452. The Balaban J connectivity index is 1.56. The number of carbonyl (C=O) groups excluding carboxylic acids is 1. The van der Waals surface area contributed by atoms with Crippen molar-refractivity contribution in [2.24, 2.45) is 0 Å². The van der Waals surface area contributed by atoms with E-state index in [0.717, 1.165) is 16.9 Å². The summed E-state index contributed by atoms with van der Waals surface area (Å²) in [7, 11) is 0. The van der Waals surface area contributed by atoms with Gasteiger partial charge in [0.2, 0.25) is 5.13 Å². The van der Waals surface area contributed by atoms with E-state index >= 15 is 0 Å². The van der Waals surface area contributed by atoms with Crippen LogP contribution in [0.25, 0.3) is 0 Å². The lowest BCUT2D eigenvalue weighted by atomic mass is 10.1. The normalized spacial score (nSPS) is 10.5. The number of amides is 2. The first-order valence-electron chi connectivity index (χ1n) is 7.96. The molecular weight excluding hydrogens is 407 g/mol. The van der Waals surface area contributed by atoms with Gasteiger partial charge in [0.05, 0.1) is 10.0 Å². The molecule has 140 valence electrons. The molecule has 9 heteroatoms. The van der Waals surface area contributed by atoms with Crippen LogP contribution in [-0.4, -0.2) is 16.2 Å². The van der Waals surface area contributed by atoms with Gasteiger partial charge >= 0.3 is 6.03 Å². The molecule has 1 aromatic heterocycles. The molecule has 2 aromatic carbocycles. The average molecular weight is 423 g/mol. The summed E-state index contributed by atoms with van der Waals surface area (Å²) in [6, 6.07) is 10.4. The van der Waals surface area contributed by atoms with Gasteiger partial charge in [-0.25, -0.2) is 4.79 Å². The molecule has 0 fully saturated rings. The number of benzene rings is 2. The highest BCUT2D eigenvalue weighted by Gasteiger charge is 2.10. The Hall–Kier alpha value is -2.35. The van der Waals surface area contributed by atoms with E-state index in [1.807, 2.05) is 32.0 Å². The molecule has 0 spiro atoms. The van der Waals surface area contributed by atoms with Gasteiger partial charge in [-0.3, -0.25) is 5.32 Å². The zero-order valence-electron chi connectivity index (χ0n) is 14.5. The Bertz CT molecular complexity index is 978. The maximum Gasteiger partial charge on any atom is 0.325 e. The Labute approximate surface area is 170 Å². The molecule has 0 aliphatic carbocycles. The highest BCUT2D eigenvalue weighted by Crippen LogP contribution is 2.25. The number of nitrogens with one attached hydrogen (secondary N) is 2. The molecule has 1 heterocycles. The Morgan fingerprint density at radius 3 is 2.67 bits per heavy atom. The van der Waals surface area contributed by atoms with E-state index in [0.29, 0.717) is 25.9 Å². The van der Waals surface area contributed by atoms with Gasteiger partial charge in [-0.2, -0.15) is 0 Å². The Morgan fingerprint density at radius 2 is 1.89 bits per heavy atom. The molecule has 0 atom stereocenters. The van der Waals surface area contributed by atoms with E-state index in [4.69, 9.17) is 27.9 Å². The van der Waals surface area contributed by atoms with Crippen LogP contribution in [0.3, 0.4) is 0 Å². The van der Waals surface area contributed by atoms with E-state index in [-0.39, 0.29) is 6.61 Å². The predicted molar refractivity (Wildman–Crippen MR) is 109 cm³/mol. The molecule has 27 heavy (non-hydrogen) atoms. The molecule has 0 aliphatic heterocycles. The van der Waals surface area contributed by atoms with Crippen LogP contribution in [0.2, 0.25) is 10.0 Å². The number of aryl methyl sites for hydroxylation is 2. The fourth-order valence-corrected chi connectivity index (χ4v) is 3.14. The highest BCUT2D eigenvalue weighted by molar-refractivity contribution is 7.15. The molecule has 6 nitrogen and oxygen atoms in total. The van der Waals surface area contributed by atoms with Crippen molar-refractivity contribution in [1.29, 1.82) is 0 Å². The molecular formula is C18H16Cl2N4O2S. The number of carbonyl (C=O) groups is 1. The van der Waals surface area contributed by atoms with Crippen molar-refractivity contribution < 1.29 is 9.53 Å². The largest absolute Gasteiger partial charge is 0.486 e. The van der Waals surface area contributed by atoms with E-state index in [1.165, 1.54) is 11.3 Å². The van der Waals surface area contributed by atoms with Crippen molar-refractivity contribution in [3.05, 3.63) is 62.6 Å². The first-order chi connectivity index (χ1) is 12.9. The number of ether oxygens (including phenoxy) is 1. The van der Waals surface area contributed by atoms with Gasteiger partial charge in [-0.05, 0) is 49.2 Å². The minimum Gasteiger partial charge on any atom is -0.486 e. The monoisotopic (exact) mass is 422 g/mol. The SMILES string of the molecule is Cc1ccc(C)c(OCc2nnc(NC(=O)Nc3ccc(Cl)c(Cl)c3)s2)c1. The summed E-state index contributed by atoms with van der Waals surface area (Å²) in [4.78, 5) is 12.1. The summed E-state index contributed by atoms with van der Waals surface area (Å²) in [6.45, 7) is 4.26. The molecule has 0 saturated heterocycles. The molecule has 2 N–H and O–H groups in total. The lowest BCUT2D eigenvalue weighted by Gasteiger charge is -2.08. The van der Waals surface area contributed by atoms with Crippen LogP contribution in [0.15, 0.2) is 36.4 Å². The van der Waals surface area contributed by atoms with Gasteiger partial charge in [0.1, 0.15) is 12.4 Å². The quantitative estimate of drug-likeness (QED) is 0.553. The summed E-state index contributed by atoms with van der Waals surface area (Å²) in [5.74, 6) is 0.803. The summed E-state index contributed by atoms with van der Waals surface area (Å²) < 4.78 is 5.79. The third-order valence-corrected chi connectivity index (χ3v) is 5.11. The smallest absolute Gasteiger partial charge is 0.325 e. The van der Waals surface area contributed by atoms with Crippen molar-refractivity contribution in [1.82, 2.24) is 10.2 Å². The van der Waals surface area contributed by atoms with Crippen molar-refractivity contribution in [2.45, 2.75) is 20.5 Å². The average Bonchev–Trinajstić information content (AvgIpc) is 3.06. The number of urea groups is 1. The van der Waals surface area contributed by atoms with Crippen molar-refractivity contribution in [2.75, 3.05) is 10.6 Å². The van der Waals surface area contributed by atoms with Crippen LogP contribution in [0.4, 0.5) is 15.6 Å². The third-order valence-electron chi connectivity index (χ3n) is 3.56. The number of rotatable bonds is 5. The van der Waals surface area contributed by atoms with Gasteiger partial charge in [0, 0.05) is 5.69 Å². The number of nitrogens with zero attached hydrogens (tertiary/aromatic N) is 2. The molecule has 0 aliphatic rings. The zero-order chi connectivity index (χ0) is 19.4. The molecule has 3 aromatic rings. The maximum atomic E-state index is 12.1. The maximum absolute atomic E-state index is 12.1. The predicted octanol–water partition coefficient (Wildman–Crippen LogP) is 5.68. The number of anilines is 2. The molecule has 0 radical (unpaired) electrons. The molecule has 2 amide bonds. The van der Waals surface area contributed by atoms with Crippen LogP contribution in [-0.2, 0) is 6.61 Å². The number of hydrogen-bond acceptors (Lipinski definition) is 5. The zero-order valence-corrected chi connectivity index (χ0v) is 16.9.